The smallest absolute Gasteiger partial charge is 0.188 e. The van der Waals surface area contributed by atoms with Crippen molar-refractivity contribution < 1.29 is 5.11 Å². The van der Waals surface area contributed by atoms with Crippen LogP contribution in [0.25, 0.3) is 15.7 Å². The first-order valence-electron chi connectivity index (χ1n) is 5.18. The third-order valence-electron chi connectivity index (χ3n) is 2.52. The predicted molar refractivity (Wildman–Crippen MR) is 72.1 cm³/mol. The maximum absolute atomic E-state index is 8.69. The average Bonchev–Trinajstić information content (AvgIpc) is 2.66. The summed E-state index contributed by atoms with van der Waals surface area (Å²) in [6.07, 6.45) is 5.61. The number of aromatic nitrogens is 1. The van der Waals surface area contributed by atoms with E-state index in [1.807, 2.05) is 30.5 Å². The van der Waals surface area contributed by atoms with Gasteiger partial charge in [-0.15, -0.1) is 0 Å². The molecule has 86 valence electrons. The minimum Gasteiger partial charge on any atom is -0.392 e. The lowest BCUT2D eigenvalue weighted by Crippen LogP contribution is -1.92. The summed E-state index contributed by atoms with van der Waals surface area (Å²) in [4.78, 5) is 3.42. The van der Waals surface area contributed by atoms with Gasteiger partial charge in [-0.05, 0) is 28.1 Å². The van der Waals surface area contributed by atoms with Crippen molar-refractivity contribution in [3.63, 3.8) is 0 Å². The largest absolute Gasteiger partial charge is 0.392 e. The number of hydrogen-bond donors (Lipinski definition) is 1. The monoisotopic (exact) mass is 290 g/mol. The molecule has 1 N–H and O–H groups in total. The molecule has 0 bridgehead atoms. The maximum Gasteiger partial charge on any atom is 0.188 e. The van der Waals surface area contributed by atoms with Crippen LogP contribution in [-0.4, -0.2) is 16.3 Å². The Bertz CT molecular complexity index is 608. The van der Waals surface area contributed by atoms with E-state index in [1.54, 1.807) is 6.08 Å². The Morgan fingerprint density at radius 2 is 2.24 bits per heavy atom. The van der Waals surface area contributed by atoms with E-state index >= 15 is 0 Å². The van der Waals surface area contributed by atoms with Crippen molar-refractivity contribution >= 4 is 32.5 Å². The Morgan fingerprint density at radius 3 is 2.94 bits per heavy atom. The number of nitrogens with zero attached hydrogens (tertiary/aromatic N) is 2. The Kier molecular flexibility index (Phi) is 3.62. The number of halogens is 1. The van der Waals surface area contributed by atoms with Crippen molar-refractivity contribution in [2.24, 2.45) is 0 Å². The standard InChI is InChI=1S/C13H11BrN2O/c1-15-10-4-5-13-11(8-10)12(14)9-16(13)6-2-3-7-17/h2-5,8-9,17H,6-7H2/b3-2+. The molecule has 0 atom stereocenters. The fourth-order valence-electron chi connectivity index (χ4n) is 1.72. The lowest BCUT2D eigenvalue weighted by Gasteiger charge is -2.00. The van der Waals surface area contributed by atoms with Crippen LogP contribution < -0.4 is 0 Å². The van der Waals surface area contributed by atoms with Gasteiger partial charge in [-0.1, -0.05) is 18.2 Å². The number of allylic oxidation sites excluding steroid dienone is 1. The molecule has 1 aromatic heterocycles. The molecule has 4 heteroatoms. The molecule has 3 nitrogen and oxygen atoms in total. The summed E-state index contributed by atoms with van der Waals surface area (Å²) in [7, 11) is 0. The second kappa shape index (κ2) is 5.17. The Morgan fingerprint density at radius 1 is 1.41 bits per heavy atom. The molecule has 0 aliphatic rings. The van der Waals surface area contributed by atoms with E-state index in [0.29, 0.717) is 12.2 Å². The van der Waals surface area contributed by atoms with Crippen LogP contribution in [0, 0.1) is 6.57 Å². The molecule has 0 saturated carbocycles. The molecular formula is C13H11BrN2O. The minimum atomic E-state index is 0.0578. The zero-order chi connectivity index (χ0) is 12.3. The van der Waals surface area contributed by atoms with Gasteiger partial charge in [0, 0.05) is 28.1 Å². The Balaban J connectivity index is 2.46. The highest BCUT2D eigenvalue weighted by molar-refractivity contribution is 9.10. The third-order valence-corrected chi connectivity index (χ3v) is 3.15. The average molecular weight is 291 g/mol. The summed E-state index contributed by atoms with van der Waals surface area (Å²) in [5.74, 6) is 0. The number of fused-ring (bicyclic) bond motifs is 1. The second-order valence-electron chi connectivity index (χ2n) is 3.60. The lowest BCUT2D eigenvalue weighted by atomic mass is 10.2. The SMILES string of the molecule is [C-]#[N+]c1ccc2c(c1)c(Br)cn2C/C=C/CO. The molecule has 0 spiro atoms. The molecule has 1 heterocycles. The normalized spacial score (nSPS) is 11.1. The molecule has 2 rings (SSSR count). The van der Waals surface area contributed by atoms with Gasteiger partial charge in [0.25, 0.3) is 0 Å². The molecule has 0 amide bonds. The van der Waals surface area contributed by atoms with E-state index in [-0.39, 0.29) is 6.61 Å². The minimum absolute atomic E-state index is 0.0578. The van der Waals surface area contributed by atoms with Gasteiger partial charge in [0.05, 0.1) is 13.2 Å². The zero-order valence-electron chi connectivity index (χ0n) is 9.10. The molecule has 0 aliphatic heterocycles. The van der Waals surface area contributed by atoms with E-state index in [1.165, 1.54) is 0 Å². The number of aliphatic hydroxyl groups excluding tert-OH is 1. The number of rotatable bonds is 3. The van der Waals surface area contributed by atoms with Crippen molar-refractivity contribution in [1.82, 2.24) is 4.57 Å². The van der Waals surface area contributed by atoms with Crippen molar-refractivity contribution in [3.05, 3.63) is 52.4 Å². The highest BCUT2D eigenvalue weighted by atomic mass is 79.9. The zero-order valence-corrected chi connectivity index (χ0v) is 10.7. The van der Waals surface area contributed by atoms with Crippen LogP contribution >= 0.6 is 15.9 Å². The number of hydrogen-bond acceptors (Lipinski definition) is 1. The van der Waals surface area contributed by atoms with Gasteiger partial charge in [0.2, 0.25) is 0 Å². The van der Waals surface area contributed by atoms with Gasteiger partial charge in [0.1, 0.15) is 0 Å². The number of aliphatic hydroxyl groups is 1. The first kappa shape index (κ1) is 11.9. The van der Waals surface area contributed by atoms with Gasteiger partial charge >= 0.3 is 0 Å². The van der Waals surface area contributed by atoms with E-state index in [2.05, 4.69) is 25.3 Å². The molecule has 0 unspecified atom stereocenters. The van der Waals surface area contributed by atoms with Gasteiger partial charge < -0.3 is 9.67 Å². The van der Waals surface area contributed by atoms with Crippen molar-refractivity contribution in [3.8, 4) is 0 Å². The van der Waals surface area contributed by atoms with Crippen LogP contribution in [0.5, 0.6) is 0 Å². The van der Waals surface area contributed by atoms with Crippen LogP contribution in [0.1, 0.15) is 0 Å². The Hall–Kier alpha value is -1.57. The van der Waals surface area contributed by atoms with Gasteiger partial charge in [-0.3, -0.25) is 0 Å². The topological polar surface area (TPSA) is 29.5 Å². The van der Waals surface area contributed by atoms with E-state index in [9.17, 15) is 0 Å². The van der Waals surface area contributed by atoms with Gasteiger partial charge in [0.15, 0.2) is 5.69 Å². The second-order valence-corrected chi connectivity index (χ2v) is 4.45. The molecule has 1 aromatic carbocycles. The summed E-state index contributed by atoms with van der Waals surface area (Å²) in [5.41, 5.74) is 1.72. The van der Waals surface area contributed by atoms with Crippen LogP contribution in [0.15, 0.2) is 41.0 Å². The van der Waals surface area contributed by atoms with Crippen molar-refractivity contribution in [2.45, 2.75) is 6.54 Å². The summed E-state index contributed by atoms with van der Waals surface area (Å²) in [5, 5.41) is 9.73. The number of benzene rings is 1. The highest BCUT2D eigenvalue weighted by Crippen LogP contribution is 2.29. The molecule has 0 radical (unpaired) electrons. The summed E-state index contributed by atoms with van der Waals surface area (Å²) in [6.45, 7) is 7.76. The molecule has 0 fully saturated rings. The predicted octanol–water partition coefficient (Wildman–Crippen LogP) is 3.50. The fraction of sp³-hybridized carbons (Fsp3) is 0.154. The van der Waals surface area contributed by atoms with Crippen LogP contribution in [-0.2, 0) is 6.54 Å². The van der Waals surface area contributed by atoms with Gasteiger partial charge in [-0.25, -0.2) is 4.85 Å². The van der Waals surface area contributed by atoms with E-state index in [0.717, 1.165) is 15.4 Å². The third kappa shape index (κ3) is 2.41. The highest BCUT2D eigenvalue weighted by Gasteiger charge is 2.06. The van der Waals surface area contributed by atoms with Crippen LogP contribution in [0.2, 0.25) is 0 Å². The van der Waals surface area contributed by atoms with Crippen molar-refractivity contribution in [1.29, 1.82) is 0 Å². The van der Waals surface area contributed by atoms with Crippen molar-refractivity contribution in [2.75, 3.05) is 6.61 Å². The Labute approximate surface area is 108 Å². The molecule has 0 saturated heterocycles. The fourth-order valence-corrected chi connectivity index (χ4v) is 2.29. The lowest BCUT2D eigenvalue weighted by molar-refractivity contribution is 0.342. The summed E-state index contributed by atoms with van der Waals surface area (Å²) < 4.78 is 3.05. The van der Waals surface area contributed by atoms with Gasteiger partial charge in [-0.2, -0.15) is 0 Å². The molecule has 0 aliphatic carbocycles. The maximum atomic E-state index is 8.69. The first-order valence-corrected chi connectivity index (χ1v) is 5.97. The van der Waals surface area contributed by atoms with E-state index in [4.69, 9.17) is 11.7 Å². The summed E-state index contributed by atoms with van der Waals surface area (Å²) >= 11 is 3.49. The quantitative estimate of drug-likeness (QED) is 0.680. The molecular weight excluding hydrogens is 280 g/mol. The molecule has 17 heavy (non-hydrogen) atoms. The molecule has 2 aromatic rings. The summed E-state index contributed by atoms with van der Waals surface area (Å²) in [6, 6.07) is 5.63. The van der Waals surface area contributed by atoms with E-state index < -0.39 is 0 Å². The van der Waals surface area contributed by atoms with Crippen LogP contribution in [0.3, 0.4) is 0 Å². The first-order chi connectivity index (χ1) is 8.26. The van der Waals surface area contributed by atoms with Crippen LogP contribution in [0.4, 0.5) is 5.69 Å².